The van der Waals surface area contributed by atoms with Gasteiger partial charge in [-0.2, -0.15) is 0 Å². The average molecular weight is 200 g/mol. The molecule has 0 bridgehead atoms. The Morgan fingerprint density at radius 1 is 0.500 bits per heavy atom. The summed E-state index contributed by atoms with van der Waals surface area (Å²) < 4.78 is 0. The smallest absolute Gasteiger partial charge is 0 e. The minimum Gasteiger partial charge on any atom is -0.147 e. The van der Waals surface area contributed by atoms with E-state index in [9.17, 15) is 0 Å². The van der Waals surface area contributed by atoms with Crippen LogP contribution in [0.5, 0.6) is 0 Å². The monoisotopic (exact) mass is 198 g/mol. The molecule has 0 aliphatic carbocycles. The van der Waals surface area contributed by atoms with E-state index in [-0.39, 0.29) is 59.0 Å². The van der Waals surface area contributed by atoms with Gasteiger partial charge in [-0.15, -0.1) is 24.8 Å². The molecule has 0 saturated carbocycles. The summed E-state index contributed by atoms with van der Waals surface area (Å²) in [4.78, 5) is 0. The zero-order valence-corrected chi connectivity index (χ0v) is 4.94. The molecule has 0 aromatic rings. The Hall–Kier alpha value is 1.62. The Morgan fingerprint density at radius 3 is 0.500 bits per heavy atom. The Kier molecular flexibility index (Phi) is 264. The van der Waals surface area contributed by atoms with E-state index in [1.54, 1.807) is 0 Å². The minimum absolute atomic E-state index is 0. The van der Waals surface area contributed by atoms with Crippen LogP contribution in [0.1, 0.15) is 0 Å². The molecule has 38 valence electrons. The SMILES string of the molecule is Cl.Cl.[Cu].[Cu]. The number of halogens is 2. The Labute approximate surface area is 58.9 Å². The summed E-state index contributed by atoms with van der Waals surface area (Å²) in [6.45, 7) is 0. The van der Waals surface area contributed by atoms with E-state index in [0.717, 1.165) is 0 Å². The standard InChI is InChI=1S/2ClH.2Cu/h2*1H;;. The van der Waals surface area contributed by atoms with E-state index in [2.05, 4.69) is 0 Å². The van der Waals surface area contributed by atoms with Crippen LogP contribution in [0.2, 0.25) is 0 Å². The number of hydrogen-bond acceptors (Lipinski definition) is 0. The molecule has 0 aromatic heterocycles. The van der Waals surface area contributed by atoms with Crippen LogP contribution >= 0.6 is 24.8 Å². The Bertz CT molecular complexity index is 4.00. The molecule has 0 aliphatic rings. The van der Waals surface area contributed by atoms with E-state index < -0.39 is 0 Å². The van der Waals surface area contributed by atoms with Crippen LogP contribution in [0.15, 0.2) is 0 Å². The second-order valence-electron chi connectivity index (χ2n) is 0. The minimum atomic E-state index is 0. The zero-order valence-electron chi connectivity index (χ0n) is 1.42. The van der Waals surface area contributed by atoms with Crippen molar-refractivity contribution >= 4 is 24.8 Å². The van der Waals surface area contributed by atoms with E-state index >= 15 is 0 Å². The summed E-state index contributed by atoms with van der Waals surface area (Å²) in [5.41, 5.74) is 0. The van der Waals surface area contributed by atoms with Gasteiger partial charge < -0.3 is 0 Å². The van der Waals surface area contributed by atoms with Gasteiger partial charge in [0.2, 0.25) is 0 Å². The van der Waals surface area contributed by atoms with Gasteiger partial charge in [0.05, 0.1) is 0 Å². The molecular weight excluding hydrogens is 198 g/mol. The predicted octanol–water partition coefficient (Wildman–Crippen LogP) is 0.839. The van der Waals surface area contributed by atoms with Gasteiger partial charge in [0.25, 0.3) is 0 Å². The van der Waals surface area contributed by atoms with Crippen molar-refractivity contribution in [3.8, 4) is 0 Å². The summed E-state index contributed by atoms with van der Waals surface area (Å²) >= 11 is 0. The van der Waals surface area contributed by atoms with Crippen molar-refractivity contribution in [2.24, 2.45) is 0 Å². The third-order valence-electron chi connectivity index (χ3n) is 0. The molecular formula is H2Cl2Cu2. The molecule has 0 aromatic carbocycles. The van der Waals surface area contributed by atoms with Crippen molar-refractivity contribution in [3.63, 3.8) is 0 Å². The van der Waals surface area contributed by atoms with E-state index in [4.69, 9.17) is 0 Å². The van der Waals surface area contributed by atoms with Crippen LogP contribution in [0.4, 0.5) is 0 Å². The molecule has 2 radical (unpaired) electrons. The molecule has 0 aliphatic heterocycles. The van der Waals surface area contributed by atoms with Gasteiger partial charge in [0.15, 0.2) is 0 Å². The maximum atomic E-state index is 0. The maximum absolute atomic E-state index is 0. The van der Waals surface area contributed by atoms with Crippen LogP contribution in [-0.4, -0.2) is 0 Å². The first kappa shape index (κ1) is 45.7. The van der Waals surface area contributed by atoms with E-state index in [1.807, 2.05) is 0 Å². The van der Waals surface area contributed by atoms with Crippen LogP contribution in [0.25, 0.3) is 0 Å². The second-order valence-corrected chi connectivity index (χ2v) is 0. The summed E-state index contributed by atoms with van der Waals surface area (Å²) in [7, 11) is 0. The van der Waals surface area contributed by atoms with Crippen molar-refractivity contribution in [1.29, 1.82) is 0 Å². The number of hydrogen-bond donors (Lipinski definition) is 0. The quantitative estimate of drug-likeness (QED) is 0.508. The first-order chi connectivity index (χ1) is 0. The largest absolute Gasteiger partial charge is 0.147 e. The van der Waals surface area contributed by atoms with Gasteiger partial charge in [-0.25, -0.2) is 0 Å². The fourth-order valence-corrected chi connectivity index (χ4v) is 0. The molecule has 4 heavy (non-hydrogen) atoms. The number of rotatable bonds is 0. The molecule has 0 unspecified atom stereocenters. The summed E-state index contributed by atoms with van der Waals surface area (Å²) in [5.74, 6) is 0. The van der Waals surface area contributed by atoms with Crippen molar-refractivity contribution in [3.05, 3.63) is 0 Å². The van der Waals surface area contributed by atoms with Crippen molar-refractivity contribution < 1.29 is 34.1 Å². The van der Waals surface area contributed by atoms with Gasteiger partial charge in [0.1, 0.15) is 0 Å². The summed E-state index contributed by atoms with van der Waals surface area (Å²) in [5, 5.41) is 0. The normalized spacial score (nSPS) is 0. The van der Waals surface area contributed by atoms with E-state index in [0.29, 0.717) is 0 Å². The maximum Gasteiger partial charge on any atom is 0 e. The van der Waals surface area contributed by atoms with E-state index in [1.165, 1.54) is 0 Å². The molecule has 0 heterocycles. The molecule has 0 nitrogen and oxygen atoms in total. The topological polar surface area (TPSA) is 0 Å². The van der Waals surface area contributed by atoms with Crippen LogP contribution in [0.3, 0.4) is 0 Å². The summed E-state index contributed by atoms with van der Waals surface area (Å²) in [6, 6.07) is 0. The van der Waals surface area contributed by atoms with Crippen LogP contribution in [0, 0.1) is 0 Å². The fraction of sp³-hybridized carbons (Fsp3) is 0. The molecule has 0 N–H and O–H groups in total. The second kappa shape index (κ2) is 23.1. The van der Waals surface area contributed by atoms with Gasteiger partial charge >= 0.3 is 0 Å². The van der Waals surface area contributed by atoms with Gasteiger partial charge in [-0.3, -0.25) is 0 Å². The fourth-order valence-electron chi connectivity index (χ4n) is 0. The third-order valence-corrected chi connectivity index (χ3v) is 0. The van der Waals surface area contributed by atoms with Crippen LogP contribution < -0.4 is 0 Å². The third kappa shape index (κ3) is 9.47. The van der Waals surface area contributed by atoms with Crippen molar-refractivity contribution in [1.82, 2.24) is 0 Å². The molecule has 0 atom stereocenters. The zero-order chi connectivity index (χ0) is 0. The van der Waals surface area contributed by atoms with Gasteiger partial charge in [-0.1, -0.05) is 0 Å². The first-order valence-corrected chi connectivity index (χ1v) is 0. The molecule has 0 amide bonds. The average Bonchev–Trinajstić information content (AvgIpc) is 0. The first-order valence-electron chi connectivity index (χ1n) is 0. The Morgan fingerprint density at radius 2 is 0.500 bits per heavy atom. The molecule has 0 fully saturated rings. The van der Waals surface area contributed by atoms with Crippen molar-refractivity contribution in [2.75, 3.05) is 0 Å². The van der Waals surface area contributed by atoms with Gasteiger partial charge in [-0.05, 0) is 0 Å². The molecule has 0 saturated heterocycles. The summed E-state index contributed by atoms with van der Waals surface area (Å²) in [6.07, 6.45) is 0. The van der Waals surface area contributed by atoms with Crippen molar-refractivity contribution in [2.45, 2.75) is 0 Å². The molecule has 4 heteroatoms. The Balaban J connectivity index is 0. The predicted molar refractivity (Wildman–Crippen MR) is 14.5 cm³/mol. The molecule has 0 spiro atoms. The molecule has 0 rings (SSSR count). The van der Waals surface area contributed by atoms with Gasteiger partial charge in [0, 0.05) is 34.1 Å². The van der Waals surface area contributed by atoms with Crippen LogP contribution in [-0.2, 0) is 34.1 Å².